The summed E-state index contributed by atoms with van der Waals surface area (Å²) in [5.74, 6) is 0.764. The van der Waals surface area contributed by atoms with Crippen molar-refractivity contribution in [3.8, 4) is 0 Å². The molecule has 1 heterocycles. The Bertz CT molecular complexity index is 243. The monoisotopic (exact) mass is 270 g/mol. The maximum absolute atomic E-state index is 6.08. The normalized spacial score (nSPS) is 32.4. The average Bonchev–Trinajstić information content (AvgIpc) is 2.66. The molecule has 1 aliphatic carbocycles. The third kappa shape index (κ3) is 3.69. The van der Waals surface area contributed by atoms with Gasteiger partial charge in [0.1, 0.15) is 0 Å². The van der Waals surface area contributed by atoms with Crippen molar-refractivity contribution in [1.82, 2.24) is 4.90 Å². The van der Waals surface area contributed by atoms with Gasteiger partial charge in [0.05, 0.1) is 12.2 Å². The lowest BCUT2D eigenvalue weighted by molar-refractivity contribution is -0.00461. The number of methoxy groups -OCH3 is 2. The van der Waals surface area contributed by atoms with E-state index >= 15 is 0 Å². The van der Waals surface area contributed by atoms with Crippen molar-refractivity contribution in [2.45, 2.75) is 56.8 Å². The van der Waals surface area contributed by atoms with E-state index in [9.17, 15) is 0 Å². The van der Waals surface area contributed by atoms with Crippen LogP contribution in [-0.4, -0.2) is 57.0 Å². The molecular weight excluding hydrogens is 240 g/mol. The molecule has 0 aromatic carbocycles. The lowest BCUT2D eigenvalue weighted by atomic mass is 9.91. The van der Waals surface area contributed by atoms with E-state index in [0.29, 0.717) is 6.04 Å². The predicted octanol–water partition coefficient (Wildman–Crippen LogP) is 1.63. The van der Waals surface area contributed by atoms with Crippen LogP contribution in [0.25, 0.3) is 0 Å². The summed E-state index contributed by atoms with van der Waals surface area (Å²) in [6.07, 6.45) is 8.62. The first-order valence-corrected chi connectivity index (χ1v) is 7.79. The van der Waals surface area contributed by atoms with Crippen molar-refractivity contribution in [2.75, 3.05) is 33.9 Å². The predicted molar refractivity (Wildman–Crippen MR) is 77.2 cm³/mol. The van der Waals surface area contributed by atoms with Gasteiger partial charge in [-0.3, -0.25) is 4.90 Å². The first kappa shape index (κ1) is 15.2. The summed E-state index contributed by atoms with van der Waals surface area (Å²) in [5.41, 5.74) is 6.08. The van der Waals surface area contributed by atoms with Gasteiger partial charge in [-0.1, -0.05) is 25.7 Å². The van der Waals surface area contributed by atoms with Crippen LogP contribution in [0.5, 0.6) is 0 Å². The number of nitrogens with two attached hydrogens (primary N) is 1. The number of nitrogens with zero attached hydrogens (tertiary/aromatic N) is 1. The molecule has 4 nitrogen and oxygen atoms in total. The Labute approximate surface area is 117 Å². The van der Waals surface area contributed by atoms with Gasteiger partial charge in [-0.2, -0.15) is 0 Å². The fourth-order valence-corrected chi connectivity index (χ4v) is 3.83. The third-order valence-corrected chi connectivity index (χ3v) is 5.00. The molecule has 3 atom stereocenters. The largest absolute Gasteiger partial charge is 0.377 e. The van der Waals surface area contributed by atoms with Gasteiger partial charge < -0.3 is 15.2 Å². The highest BCUT2D eigenvalue weighted by atomic mass is 16.5. The van der Waals surface area contributed by atoms with Gasteiger partial charge in [-0.25, -0.2) is 0 Å². The van der Waals surface area contributed by atoms with Gasteiger partial charge in [-0.15, -0.1) is 0 Å². The Hall–Kier alpha value is -0.160. The van der Waals surface area contributed by atoms with Crippen molar-refractivity contribution in [1.29, 1.82) is 0 Å². The molecule has 112 valence electrons. The van der Waals surface area contributed by atoms with Crippen LogP contribution < -0.4 is 5.73 Å². The van der Waals surface area contributed by atoms with Gasteiger partial charge in [0.15, 0.2) is 0 Å². The van der Waals surface area contributed by atoms with E-state index in [1.165, 1.54) is 38.5 Å². The van der Waals surface area contributed by atoms with Gasteiger partial charge >= 0.3 is 0 Å². The maximum Gasteiger partial charge on any atom is 0.0971 e. The zero-order valence-corrected chi connectivity index (χ0v) is 12.5. The summed E-state index contributed by atoms with van der Waals surface area (Å²) in [6, 6.07) is 0.510. The zero-order valence-electron chi connectivity index (χ0n) is 12.5. The molecule has 0 aromatic heterocycles. The minimum absolute atomic E-state index is 0.199. The molecule has 3 unspecified atom stereocenters. The van der Waals surface area contributed by atoms with Crippen LogP contribution in [-0.2, 0) is 9.47 Å². The lowest BCUT2D eigenvalue weighted by Crippen LogP contribution is -2.45. The van der Waals surface area contributed by atoms with Crippen LogP contribution in [0, 0.1) is 5.92 Å². The highest BCUT2D eigenvalue weighted by molar-refractivity contribution is 4.92. The molecule has 0 spiro atoms. The second kappa shape index (κ2) is 7.58. The van der Waals surface area contributed by atoms with Gasteiger partial charge in [0, 0.05) is 39.9 Å². The molecule has 1 saturated carbocycles. The highest BCUT2D eigenvalue weighted by Crippen LogP contribution is 2.30. The Morgan fingerprint density at radius 3 is 1.95 bits per heavy atom. The van der Waals surface area contributed by atoms with E-state index in [0.717, 1.165) is 25.6 Å². The summed E-state index contributed by atoms with van der Waals surface area (Å²) >= 11 is 0. The molecule has 0 aromatic rings. The minimum Gasteiger partial charge on any atom is -0.377 e. The summed E-state index contributed by atoms with van der Waals surface area (Å²) in [6.45, 7) is 2.69. The smallest absolute Gasteiger partial charge is 0.0971 e. The molecule has 1 saturated heterocycles. The van der Waals surface area contributed by atoms with Crippen molar-refractivity contribution in [3.05, 3.63) is 0 Å². The average molecular weight is 270 g/mol. The van der Waals surface area contributed by atoms with E-state index in [4.69, 9.17) is 15.2 Å². The molecule has 0 bridgehead atoms. The first-order chi connectivity index (χ1) is 9.30. The number of hydrogen-bond donors (Lipinski definition) is 1. The molecule has 2 fully saturated rings. The Balaban J connectivity index is 1.97. The van der Waals surface area contributed by atoms with Crippen LogP contribution in [0.4, 0.5) is 0 Å². The van der Waals surface area contributed by atoms with Crippen LogP contribution in [0.15, 0.2) is 0 Å². The molecule has 4 heteroatoms. The molecule has 2 N–H and O–H groups in total. The molecule has 2 aliphatic rings. The third-order valence-electron chi connectivity index (χ3n) is 5.00. The molecule has 0 radical (unpaired) electrons. The summed E-state index contributed by atoms with van der Waals surface area (Å²) < 4.78 is 11.1. The second-order valence-electron chi connectivity index (χ2n) is 6.06. The molecule has 2 rings (SSSR count). The standard InChI is InChI=1S/C15H30N2O2/c1-18-14-10-17(11-15(14)19-2)13(9-16)12-7-5-3-4-6-8-12/h12-15H,3-11,16H2,1-2H3. The zero-order chi connectivity index (χ0) is 13.7. The van der Waals surface area contributed by atoms with E-state index in [1.807, 2.05) is 0 Å². The van der Waals surface area contributed by atoms with Gasteiger partial charge in [-0.05, 0) is 18.8 Å². The van der Waals surface area contributed by atoms with Gasteiger partial charge in [0.2, 0.25) is 0 Å². The van der Waals surface area contributed by atoms with Crippen molar-refractivity contribution >= 4 is 0 Å². The van der Waals surface area contributed by atoms with Crippen LogP contribution in [0.2, 0.25) is 0 Å². The quantitative estimate of drug-likeness (QED) is 0.771. The lowest BCUT2D eigenvalue weighted by Gasteiger charge is -2.33. The maximum atomic E-state index is 6.08. The SMILES string of the molecule is COC1CN(C(CN)C2CCCCCC2)CC1OC. The Morgan fingerprint density at radius 1 is 1.00 bits per heavy atom. The van der Waals surface area contributed by atoms with E-state index < -0.39 is 0 Å². The number of ether oxygens (including phenoxy) is 2. The Morgan fingerprint density at radius 2 is 1.53 bits per heavy atom. The Kier molecular flexibility index (Phi) is 6.07. The van der Waals surface area contributed by atoms with Crippen LogP contribution >= 0.6 is 0 Å². The number of hydrogen-bond acceptors (Lipinski definition) is 4. The molecule has 0 amide bonds. The first-order valence-electron chi connectivity index (χ1n) is 7.79. The number of likely N-dealkylation sites (tertiary alicyclic amines) is 1. The highest BCUT2D eigenvalue weighted by Gasteiger charge is 2.38. The molecule has 19 heavy (non-hydrogen) atoms. The van der Waals surface area contributed by atoms with Crippen molar-refractivity contribution < 1.29 is 9.47 Å². The summed E-state index contributed by atoms with van der Waals surface area (Å²) in [7, 11) is 3.56. The van der Waals surface area contributed by atoms with Crippen molar-refractivity contribution in [2.24, 2.45) is 11.7 Å². The molecule has 1 aliphatic heterocycles. The second-order valence-corrected chi connectivity index (χ2v) is 6.06. The van der Waals surface area contributed by atoms with Gasteiger partial charge in [0.25, 0.3) is 0 Å². The van der Waals surface area contributed by atoms with Crippen molar-refractivity contribution in [3.63, 3.8) is 0 Å². The van der Waals surface area contributed by atoms with Crippen LogP contribution in [0.1, 0.15) is 38.5 Å². The van der Waals surface area contributed by atoms with Crippen LogP contribution in [0.3, 0.4) is 0 Å². The fourth-order valence-electron chi connectivity index (χ4n) is 3.83. The fraction of sp³-hybridized carbons (Fsp3) is 1.00. The summed E-state index contributed by atoms with van der Waals surface area (Å²) in [4.78, 5) is 2.51. The minimum atomic E-state index is 0.199. The molecular formula is C15H30N2O2. The van der Waals surface area contributed by atoms with E-state index in [2.05, 4.69) is 4.90 Å². The summed E-state index contributed by atoms with van der Waals surface area (Å²) in [5, 5.41) is 0. The van der Waals surface area contributed by atoms with E-state index in [1.54, 1.807) is 14.2 Å². The van der Waals surface area contributed by atoms with E-state index in [-0.39, 0.29) is 12.2 Å². The topological polar surface area (TPSA) is 47.7 Å². The number of rotatable bonds is 5.